The standard InChI is InChI=1S/C17H22N4O5/c1-9(2)6-14(22)19-11-5-4-10(7-13(11)26-3)18-15(23)8-12-16(24)21-17(25)20-12/h4-5,7,9,12H,6,8H2,1-3H3,(H,18,23)(H,19,22)(H2,20,21,24,25). The van der Waals surface area contributed by atoms with E-state index < -0.39 is 23.9 Å². The van der Waals surface area contributed by atoms with Crippen molar-refractivity contribution in [2.24, 2.45) is 5.92 Å². The first-order valence-corrected chi connectivity index (χ1v) is 8.17. The second-order valence-corrected chi connectivity index (χ2v) is 6.33. The van der Waals surface area contributed by atoms with Crippen LogP contribution in [0.3, 0.4) is 0 Å². The SMILES string of the molecule is COc1cc(NC(=O)CC2NC(=O)NC2=O)ccc1NC(=O)CC(C)C. The Balaban J connectivity index is 1.99. The molecule has 0 aliphatic carbocycles. The Labute approximate surface area is 150 Å². The van der Waals surface area contributed by atoms with Crippen LogP contribution in [0.4, 0.5) is 16.2 Å². The van der Waals surface area contributed by atoms with Gasteiger partial charge in [0.1, 0.15) is 11.8 Å². The molecular weight excluding hydrogens is 340 g/mol. The van der Waals surface area contributed by atoms with E-state index in [1.807, 2.05) is 13.8 Å². The fourth-order valence-electron chi connectivity index (χ4n) is 2.44. The molecule has 26 heavy (non-hydrogen) atoms. The van der Waals surface area contributed by atoms with Crippen LogP contribution in [0.2, 0.25) is 0 Å². The minimum absolute atomic E-state index is 0.127. The second-order valence-electron chi connectivity index (χ2n) is 6.33. The molecule has 9 heteroatoms. The molecule has 4 N–H and O–H groups in total. The molecule has 0 spiro atoms. The first-order valence-electron chi connectivity index (χ1n) is 8.17. The van der Waals surface area contributed by atoms with Crippen molar-refractivity contribution in [3.8, 4) is 5.75 Å². The van der Waals surface area contributed by atoms with E-state index in [-0.39, 0.29) is 18.2 Å². The normalized spacial score (nSPS) is 16.1. The Morgan fingerprint density at radius 1 is 1.19 bits per heavy atom. The molecule has 1 aliphatic heterocycles. The number of carbonyl (C=O) groups excluding carboxylic acids is 4. The lowest BCUT2D eigenvalue weighted by Crippen LogP contribution is -2.33. The summed E-state index contributed by atoms with van der Waals surface area (Å²) < 4.78 is 5.25. The lowest BCUT2D eigenvalue weighted by Gasteiger charge is -2.14. The Bertz CT molecular complexity index is 732. The van der Waals surface area contributed by atoms with E-state index in [4.69, 9.17) is 4.74 Å². The summed E-state index contributed by atoms with van der Waals surface area (Å²) in [5.74, 6) is -0.477. The number of urea groups is 1. The van der Waals surface area contributed by atoms with Crippen molar-refractivity contribution in [3.05, 3.63) is 18.2 Å². The van der Waals surface area contributed by atoms with Gasteiger partial charge < -0.3 is 20.7 Å². The number of carbonyl (C=O) groups is 4. The number of rotatable bonds is 7. The van der Waals surface area contributed by atoms with Crippen molar-refractivity contribution in [1.82, 2.24) is 10.6 Å². The van der Waals surface area contributed by atoms with Crippen LogP contribution in [0.5, 0.6) is 5.75 Å². The summed E-state index contributed by atoms with van der Waals surface area (Å²) >= 11 is 0. The molecule has 1 aromatic carbocycles. The molecule has 1 aliphatic rings. The number of hydrogen-bond donors (Lipinski definition) is 4. The number of amides is 5. The molecule has 1 aromatic rings. The largest absolute Gasteiger partial charge is 0.494 e. The quantitative estimate of drug-likeness (QED) is 0.543. The second kappa shape index (κ2) is 8.32. The number of ether oxygens (including phenoxy) is 1. The highest BCUT2D eigenvalue weighted by molar-refractivity contribution is 6.07. The summed E-state index contributed by atoms with van der Waals surface area (Å²) in [5.41, 5.74) is 0.942. The third-order valence-electron chi connectivity index (χ3n) is 3.60. The summed E-state index contributed by atoms with van der Waals surface area (Å²) in [7, 11) is 1.46. The Hall–Kier alpha value is -3.10. The molecule has 1 unspecified atom stereocenters. The maximum atomic E-state index is 12.1. The zero-order valence-electron chi connectivity index (χ0n) is 14.8. The van der Waals surface area contributed by atoms with E-state index in [0.29, 0.717) is 23.5 Å². The zero-order chi connectivity index (χ0) is 19.3. The van der Waals surface area contributed by atoms with Crippen LogP contribution >= 0.6 is 0 Å². The lowest BCUT2D eigenvalue weighted by molar-refractivity contribution is -0.124. The number of benzene rings is 1. The predicted octanol–water partition coefficient (Wildman–Crippen LogP) is 1.22. The minimum Gasteiger partial charge on any atom is -0.494 e. The van der Waals surface area contributed by atoms with Crippen LogP contribution in [-0.2, 0) is 14.4 Å². The predicted molar refractivity (Wildman–Crippen MR) is 94.8 cm³/mol. The zero-order valence-corrected chi connectivity index (χ0v) is 14.8. The van der Waals surface area contributed by atoms with Crippen LogP contribution < -0.4 is 26.0 Å². The Kier molecular flexibility index (Phi) is 6.16. The van der Waals surface area contributed by atoms with Gasteiger partial charge in [-0.05, 0) is 18.1 Å². The van der Waals surface area contributed by atoms with Crippen molar-refractivity contribution in [2.75, 3.05) is 17.7 Å². The molecule has 1 fully saturated rings. The van der Waals surface area contributed by atoms with Crippen LogP contribution in [-0.4, -0.2) is 36.9 Å². The van der Waals surface area contributed by atoms with Crippen LogP contribution in [0.15, 0.2) is 18.2 Å². The summed E-state index contributed by atoms with van der Waals surface area (Å²) in [4.78, 5) is 46.5. The van der Waals surface area contributed by atoms with Gasteiger partial charge in [0.2, 0.25) is 11.8 Å². The molecule has 1 saturated heterocycles. The number of nitrogens with one attached hydrogen (secondary N) is 4. The van der Waals surface area contributed by atoms with Crippen molar-refractivity contribution >= 4 is 35.1 Å². The molecule has 140 valence electrons. The summed E-state index contributed by atoms with van der Waals surface area (Å²) in [5, 5.41) is 9.82. The van der Waals surface area contributed by atoms with Gasteiger partial charge in [0.25, 0.3) is 5.91 Å². The number of anilines is 2. The first kappa shape index (κ1) is 19.2. The topological polar surface area (TPSA) is 126 Å². The van der Waals surface area contributed by atoms with Gasteiger partial charge in [-0.15, -0.1) is 0 Å². The smallest absolute Gasteiger partial charge is 0.322 e. The van der Waals surface area contributed by atoms with Crippen LogP contribution in [0.1, 0.15) is 26.7 Å². The fourth-order valence-corrected chi connectivity index (χ4v) is 2.44. The third-order valence-corrected chi connectivity index (χ3v) is 3.60. The van der Waals surface area contributed by atoms with Gasteiger partial charge in [-0.2, -0.15) is 0 Å². The van der Waals surface area contributed by atoms with Crippen molar-refractivity contribution < 1.29 is 23.9 Å². The third kappa shape index (κ3) is 5.20. The highest BCUT2D eigenvalue weighted by Gasteiger charge is 2.31. The molecule has 1 atom stereocenters. The molecule has 5 amide bonds. The molecule has 0 aromatic heterocycles. The summed E-state index contributed by atoms with van der Waals surface area (Å²) in [6.07, 6.45) is 0.198. The van der Waals surface area contributed by atoms with Crippen LogP contribution in [0, 0.1) is 5.92 Å². The molecule has 0 bridgehead atoms. The fraction of sp³-hybridized carbons (Fsp3) is 0.412. The van der Waals surface area contributed by atoms with E-state index >= 15 is 0 Å². The Morgan fingerprint density at radius 2 is 1.92 bits per heavy atom. The van der Waals surface area contributed by atoms with E-state index in [0.717, 1.165) is 0 Å². The van der Waals surface area contributed by atoms with Gasteiger partial charge in [0.05, 0.1) is 19.2 Å². The van der Waals surface area contributed by atoms with Gasteiger partial charge in [-0.1, -0.05) is 13.8 Å². The van der Waals surface area contributed by atoms with E-state index in [1.165, 1.54) is 7.11 Å². The average Bonchev–Trinajstić information content (AvgIpc) is 2.85. The Morgan fingerprint density at radius 3 is 2.50 bits per heavy atom. The summed E-state index contributed by atoms with van der Waals surface area (Å²) in [6.45, 7) is 3.89. The monoisotopic (exact) mass is 362 g/mol. The van der Waals surface area contributed by atoms with E-state index in [9.17, 15) is 19.2 Å². The number of imide groups is 1. The highest BCUT2D eigenvalue weighted by Crippen LogP contribution is 2.28. The van der Waals surface area contributed by atoms with Gasteiger partial charge in [0.15, 0.2) is 0 Å². The lowest BCUT2D eigenvalue weighted by atomic mass is 10.1. The highest BCUT2D eigenvalue weighted by atomic mass is 16.5. The molecule has 1 heterocycles. The maximum absolute atomic E-state index is 12.1. The van der Waals surface area contributed by atoms with Crippen molar-refractivity contribution in [1.29, 1.82) is 0 Å². The van der Waals surface area contributed by atoms with Crippen LogP contribution in [0.25, 0.3) is 0 Å². The van der Waals surface area contributed by atoms with Crippen molar-refractivity contribution in [2.45, 2.75) is 32.7 Å². The maximum Gasteiger partial charge on any atom is 0.322 e. The van der Waals surface area contributed by atoms with Gasteiger partial charge in [-0.25, -0.2) is 4.79 Å². The minimum atomic E-state index is -0.890. The molecule has 9 nitrogen and oxygen atoms in total. The molecule has 2 rings (SSSR count). The summed E-state index contributed by atoms with van der Waals surface area (Å²) in [6, 6.07) is 3.29. The van der Waals surface area contributed by atoms with Crippen molar-refractivity contribution in [3.63, 3.8) is 0 Å². The molecule has 0 radical (unpaired) electrons. The van der Waals surface area contributed by atoms with E-state index in [2.05, 4.69) is 21.3 Å². The van der Waals surface area contributed by atoms with Gasteiger partial charge in [-0.3, -0.25) is 19.7 Å². The first-order chi connectivity index (χ1) is 12.3. The molecular formula is C17H22N4O5. The molecule has 0 saturated carbocycles. The van der Waals surface area contributed by atoms with Gasteiger partial charge in [0, 0.05) is 18.2 Å². The average molecular weight is 362 g/mol. The number of methoxy groups -OCH3 is 1. The number of hydrogen-bond acceptors (Lipinski definition) is 5. The van der Waals surface area contributed by atoms with Gasteiger partial charge >= 0.3 is 6.03 Å². The van der Waals surface area contributed by atoms with E-state index in [1.54, 1.807) is 18.2 Å².